The summed E-state index contributed by atoms with van der Waals surface area (Å²) in [6.45, 7) is 1.62. The van der Waals surface area contributed by atoms with Crippen LogP contribution in [0, 0.1) is 0 Å². The third-order valence-electron chi connectivity index (χ3n) is 4.77. The number of hydrogen-bond donors (Lipinski definition) is 2. The monoisotopic (exact) mass is 365 g/mol. The van der Waals surface area contributed by atoms with Gasteiger partial charge < -0.3 is 20.5 Å². The Morgan fingerprint density at radius 1 is 1.04 bits per heavy atom. The van der Waals surface area contributed by atoms with Gasteiger partial charge in [-0.25, -0.2) is 0 Å². The number of aromatic nitrogens is 1. The van der Waals surface area contributed by atoms with Crippen LogP contribution in [0.3, 0.4) is 0 Å². The Morgan fingerprint density at radius 3 is 2.48 bits per heavy atom. The van der Waals surface area contributed by atoms with Gasteiger partial charge in [0.1, 0.15) is 11.5 Å². The molecule has 0 fully saturated rings. The van der Waals surface area contributed by atoms with Gasteiger partial charge in [0.25, 0.3) is 0 Å². The van der Waals surface area contributed by atoms with Crippen molar-refractivity contribution in [3.8, 4) is 22.6 Å². The van der Waals surface area contributed by atoms with Crippen molar-refractivity contribution in [1.82, 2.24) is 10.3 Å². The standard InChI is InChI=1S/C22H27N3O2/c1-26-21-14-19(16-7-10-24-11-8-16)22(27-2)13-17(21)9-12-25-15-18-5-3-4-6-20(18)23/h5-8,10-11,13-14,25H,3-4,9,12,15,23H2,1-2H3. The van der Waals surface area contributed by atoms with E-state index >= 15 is 0 Å². The van der Waals surface area contributed by atoms with Gasteiger partial charge in [-0.05, 0) is 66.8 Å². The molecule has 1 aromatic heterocycles. The van der Waals surface area contributed by atoms with Crippen molar-refractivity contribution in [2.45, 2.75) is 19.3 Å². The first kappa shape index (κ1) is 19.0. The summed E-state index contributed by atoms with van der Waals surface area (Å²) in [6.07, 6.45) is 10.8. The minimum atomic E-state index is 0.789. The summed E-state index contributed by atoms with van der Waals surface area (Å²) >= 11 is 0. The summed E-state index contributed by atoms with van der Waals surface area (Å²) in [4.78, 5) is 4.08. The van der Waals surface area contributed by atoms with E-state index in [0.717, 1.165) is 66.2 Å². The van der Waals surface area contributed by atoms with Crippen molar-refractivity contribution in [2.75, 3.05) is 27.3 Å². The van der Waals surface area contributed by atoms with E-state index in [1.165, 1.54) is 5.57 Å². The van der Waals surface area contributed by atoms with Crippen LogP contribution in [-0.2, 0) is 6.42 Å². The second-order valence-electron chi connectivity index (χ2n) is 6.49. The number of nitrogens with two attached hydrogens (primary N) is 1. The molecule has 2 aromatic rings. The molecule has 1 aliphatic rings. The molecule has 0 radical (unpaired) electrons. The third kappa shape index (κ3) is 4.68. The fourth-order valence-corrected chi connectivity index (χ4v) is 3.28. The molecule has 3 N–H and O–H groups in total. The first-order valence-electron chi connectivity index (χ1n) is 9.24. The zero-order valence-corrected chi connectivity index (χ0v) is 16.0. The van der Waals surface area contributed by atoms with Crippen LogP contribution < -0.4 is 20.5 Å². The maximum atomic E-state index is 6.04. The molecule has 0 bridgehead atoms. The number of benzene rings is 1. The van der Waals surface area contributed by atoms with Crippen LogP contribution in [0.1, 0.15) is 18.4 Å². The molecule has 0 amide bonds. The average Bonchev–Trinajstić information content (AvgIpc) is 2.72. The van der Waals surface area contributed by atoms with Gasteiger partial charge in [-0.3, -0.25) is 4.98 Å². The smallest absolute Gasteiger partial charge is 0.127 e. The number of methoxy groups -OCH3 is 2. The number of hydrogen-bond acceptors (Lipinski definition) is 5. The maximum absolute atomic E-state index is 6.04. The van der Waals surface area contributed by atoms with Gasteiger partial charge in [0, 0.05) is 30.2 Å². The van der Waals surface area contributed by atoms with Crippen LogP contribution in [-0.4, -0.2) is 32.3 Å². The van der Waals surface area contributed by atoms with Gasteiger partial charge in [-0.1, -0.05) is 12.2 Å². The minimum absolute atomic E-state index is 0.789. The molecule has 142 valence electrons. The molecule has 1 aliphatic carbocycles. The Balaban J connectivity index is 1.70. The van der Waals surface area contributed by atoms with Crippen molar-refractivity contribution in [1.29, 1.82) is 0 Å². The summed E-state index contributed by atoms with van der Waals surface area (Å²) < 4.78 is 11.3. The zero-order valence-electron chi connectivity index (χ0n) is 16.0. The quantitative estimate of drug-likeness (QED) is 0.701. The second kappa shape index (κ2) is 9.24. The molecule has 27 heavy (non-hydrogen) atoms. The lowest BCUT2D eigenvalue weighted by Gasteiger charge is -2.16. The van der Waals surface area contributed by atoms with E-state index in [9.17, 15) is 0 Å². The lowest BCUT2D eigenvalue weighted by Crippen LogP contribution is -2.23. The fraction of sp³-hybridized carbons (Fsp3) is 0.318. The van der Waals surface area contributed by atoms with E-state index < -0.39 is 0 Å². The zero-order chi connectivity index (χ0) is 19.1. The van der Waals surface area contributed by atoms with E-state index in [4.69, 9.17) is 15.2 Å². The van der Waals surface area contributed by atoms with E-state index in [2.05, 4.69) is 28.5 Å². The first-order valence-corrected chi connectivity index (χ1v) is 9.24. The number of ether oxygens (including phenoxy) is 2. The van der Waals surface area contributed by atoms with Crippen LogP contribution in [0.25, 0.3) is 11.1 Å². The van der Waals surface area contributed by atoms with Gasteiger partial charge in [0.2, 0.25) is 0 Å². The molecule has 1 aromatic carbocycles. The molecule has 1 heterocycles. The van der Waals surface area contributed by atoms with Gasteiger partial charge in [-0.2, -0.15) is 0 Å². The summed E-state index contributed by atoms with van der Waals surface area (Å²) in [5, 5.41) is 3.48. The van der Waals surface area contributed by atoms with E-state index in [1.54, 1.807) is 26.6 Å². The number of nitrogens with zero attached hydrogens (tertiary/aromatic N) is 1. The Hall–Kier alpha value is -2.79. The summed E-state index contributed by atoms with van der Waals surface area (Å²) in [7, 11) is 3.40. The number of pyridine rings is 1. The van der Waals surface area contributed by atoms with Gasteiger partial charge in [-0.15, -0.1) is 0 Å². The first-order chi connectivity index (χ1) is 13.2. The predicted octanol–water partition coefficient (Wildman–Crippen LogP) is 3.46. The van der Waals surface area contributed by atoms with Crippen molar-refractivity contribution in [3.05, 3.63) is 65.6 Å². The third-order valence-corrected chi connectivity index (χ3v) is 4.77. The van der Waals surface area contributed by atoms with Crippen molar-refractivity contribution < 1.29 is 9.47 Å². The summed E-state index contributed by atoms with van der Waals surface area (Å²) in [5.74, 6) is 1.69. The van der Waals surface area contributed by atoms with Crippen LogP contribution in [0.2, 0.25) is 0 Å². The normalized spacial score (nSPS) is 13.7. The molecular weight excluding hydrogens is 338 g/mol. The highest BCUT2D eigenvalue weighted by Gasteiger charge is 2.13. The minimum Gasteiger partial charge on any atom is -0.496 e. The molecule has 0 saturated carbocycles. The highest BCUT2D eigenvalue weighted by Crippen LogP contribution is 2.36. The summed E-state index contributed by atoms with van der Waals surface area (Å²) in [6, 6.07) is 8.03. The Morgan fingerprint density at radius 2 is 1.78 bits per heavy atom. The molecule has 0 unspecified atom stereocenters. The molecule has 3 rings (SSSR count). The Labute approximate surface area is 160 Å². The van der Waals surface area contributed by atoms with Crippen LogP contribution in [0.5, 0.6) is 11.5 Å². The SMILES string of the molecule is COc1cc(-c2ccncc2)c(OC)cc1CCNCC1=CCCC=C1N. The maximum Gasteiger partial charge on any atom is 0.127 e. The van der Waals surface area contributed by atoms with Crippen molar-refractivity contribution in [2.24, 2.45) is 5.73 Å². The lowest BCUT2D eigenvalue weighted by atomic mass is 10.0. The van der Waals surface area contributed by atoms with Crippen LogP contribution in [0.15, 0.2) is 60.1 Å². The highest BCUT2D eigenvalue weighted by molar-refractivity contribution is 5.73. The fourth-order valence-electron chi connectivity index (χ4n) is 3.28. The Bertz CT molecular complexity index is 829. The topological polar surface area (TPSA) is 69.4 Å². The van der Waals surface area contributed by atoms with Crippen molar-refractivity contribution >= 4 is 0 Å². The molecule has 5 heteroatoms. The van der Waals surface area contributed by atoms with E-state index in [0.29, 0.717) is 0 Å². The van der Waals surface area contributed by atoms with Gasteiger partial charge in [0.15, 0.2) is 0 Å². The molecule has 0 aliphatic heterocycles. The number of allylic oxidation sites excluding steroid dienone is 2. The van der Waals surface area contributed by atoms with Crippen LogP contribution >= 0.6 is 0 Å². The average molecular weight is 365 g/mol. The second-order valence-corrected chi connectivity index (χ2v) is 6.49. The number of rotatable bonds is 8. The Kier molecular flexibility index (Phi) is 6.49. The highest BCUT2D eigenvalue weighted by atomic mass is 16.5. The summed E-state index contributed by atoms with van der Waals surface area (Å²) in [5.41, 5.74) is 11.3. The molecule has 0 saturated heterocycles. The lowest BCUT2D eigenvalue weighted by molar-refractivity contribution is 0.399. The predicted molar refractivity (Wildman–Crippen MR) is 109 cm³/mol. The molecule has 0 spiro atoms. The van der Waals surface area contributed by atoms with Crippen molar-refractivity contribution in [3.63, 3.8) is 0 Å². The molecular formula is C22H27N3O2. The van der Waals surface area contributed by atoms with Gasteiger partial charge in [0.05, 0.1) is 14.2 Å². The van der Waals surface area contributed by atoms with Crippen LogP contribution in [0.4, 0.5) is 0 Å². The molecule has 0 atom stereocenters. The van der Waals surface area contributed by atoms with E-state index in [1.807, 2.05) is 18.2 Å². The van der Waals surface area contributed by atoms with E-state index in [-0.39, 0.29) is 0 Å². The van der Waals surface area contributed by atoms with Gasteiger partial charge >= 0.3 is 0 Å². The largest absolute Gasteiger partial charge is 0.496 e. The number of nitrogens with one attached hydrogen (secondary N) is 1. The molecule has 5 nitrogen and oxygen atoms in total.